The monoisotopic (exact) mass is 433 g/mol. The van der Waals surface area contributed by atoms with E-state index in [9.17, 15) is 9.90 Å². The molecule has 0 saturated heterocycles. The van der Waals surface area contributed by atoms with Crippen molar-refractivity contribution in [1.29, 1.82) is 0 Å². The van der Waals surface area contributed by atoms with Crippen LogP contribution in [0.5, 0.6) is 0 Å². The minimum atomic E-state index is -1.32. The number of benzene rings is 1. The van der Waals surface area contributed by atoms with E-state index in [-0.39, 0.29) is 47.0 Å². The number of hydrogen-bond acceptors (Lipinski definition) is 7. The molecule has 3 heterocycles. The van der Waals surface area contributed by atoms with E-state index in [2.05, 4.69) is 15.1 Å². The fraction of sp³-hybridized carbons (Fsp3) is 0.182. The number of pyridine rings is 2. The van der Waals surface area contributed by atoms with Gasteiger partial charge in [-0.1, -0.05) is 18.2 Å². The normalized spacial score (nSPS) is 20.3. The molecule has 0 radical (unpaired) electrons. The van der Waals surface area contributed by atoms with E-state index >= 15 is 4.39 Å². The summed E-state index contributed by atoms with van der Waals surface area (Å²) in [5.41, 5.74) is 17.2. The quantitative estimate of drug-likeness (QED) is 0.358. The molecule has 1 aliphatic rings. The van der Waals surface area contributed by atoms with Crippen LogP contribution in [0, 0.1) is 5.82 Å². The second-order valence-electron chi connectivity index (χ2n) is 7.99. The third kappa shape index (κ3) is 3.17. The van der Waals surface area contributed by atoms with Crippen LogP contribution in [0.1, 0.15) is 29.2 Å². The predicted octanol–water partition coefficient (Wildman–Crippen LogP) is 1.96. The molecule has 32 heavy (non-hydrogen) atoms. The third-order valence-corrected chi connectivity index (χ3v) is 5.70. The Bertz CT molecular complexity index is 1360. The number of hydrogen-bond donors (Lipinski definition) is 4. The number of carbonyl (C=O) groups excluding carboxylic acids is 1. The summed E-state index contributed by atoms with van der Waals surface area (Å²) in [6, 6.07) is 11.8. The predicted molar refractivity (Wildman–Crippen MR) is 116 cm³/mol. The number of primary amides is 1. The smallest absolute Gasteiger partial charge is 0.254 e. The van der Waals surface area contributed by atoms with Gasteiger partial charge in [-0.15, -0.1) is 0 Å². The van der Waals surface area contributed by atoms with Gasteiger partial charge >= 0.3 is 0 Å². The maximum absolute atomic E-state index is 15.7. The van der Waals surface area contributed by atoms with E-state index < -0.39 is 17.4 Å². The van der Waals surface area contributed by atoms with Crippen LogP contribution in [0.2, 0.25) is 0 Å². The van der Waals surface area contributed by atoms with Crippen LogP contribution in [-0.4, -0.2) is 36.5 Å². The van der Waals surface area contributed by atoms with Crippen LogP contribution in [0.4, 0.5) is 10.2 Å². The van der Waals surface area contributed by atoms with Crippen molar-refractivity contribution >= 4 is 22.6 Å². The second-order valence-corrected chi connectivity index (χ2v) is 7.99. The summed E-state index contributed by atoms with van der Waals surface area (Å²) in [5, 5.41) is 14.8. The van der Waals surface area contributed by atoms with Crippen LogP contribution in [0.3, 0.4) is 0 Å². The number of halogens is 1. The van der Waals surface area contributed by atoms with Gasteiger partial charge in [-0.2, -0.15) is 5.10 Å². The summed E-state index contributed by atoms with van der Waals surface area (Å²) in [6.07, 6.45) is 2.03. The first-order chi connectivity index (χ1) is 15.2. The highest BCUT2D eigenvalue weighted by atomic mass is 19.1. The van der Waals surface area contributed by atoms with Crippen molar-refractivity contribution in [3.05, 3.63) is 60.0 Å². The zero-order valence-electron chi connectivity index (χ0n) is 16.9. The third-order valence-electron chi connectivity index (χ3n) is 5.70. The number of fused-ring (bicyclic) bond motifs is 1. The van der Waals surface area contributed by atoms with Gasteiger partial charge in [0, 0.05) is 30.0 Å². The average Bonchev–Trinajstić information content (AvgIpc) is 3.09. The molecule has 10 heteroatoms. The average molecular weight is 433 g/mol. The molecular weight excluding hydrogens is 413 g/mol. The van der Waals surface area contributed by atoms with E-state index in [1.54, 1.807) is 36.5 Å². The molecule has 1 saturated carbocycles. The molecule has 1 amide bonds. The van der Waals surface area contributed by atoms with Gasteiger partial charge in [0.15, 0.2) is 5.82 Å². The molecule has 0 bridgehead atoms. The Labute approximate surface area is 181 Å². The number of nitrogens with two attached hydrogens (primary N) is 3. The Morgan fingerprint density at radius 2 is 1.91 bits per heavy atom. The Morgan fingerprint density at radius 3 is 2.56 bits per heavy atom. The molecule has 4 aromatic rings. The van der Waals surface area contributed by atoms with Crippen molar-refractivity contribution < 1.29 is 14.3 Å². The first kappa shape index (κ1) is 20.0. The first-order valence-corrected chi connectivity index (χ1v) is 9.95. The topological polar surface area (TPSA) is 159 Å². The van der Waals surface area contributed by atoms with Crippen molar-refractivity contribution in [3.8, 4) is 22.6 Å². The van der Waals surface area contributed by atoms with Crippen LogP contribution in [-0.2, 0) is 0 Å². The molecule has 1 aliphatic carbocycles. The van der Waals surface area contributed by atoms with Gasteiger partial charge in [-0.3, -0.25) is 9.78 Å². The summed E-state index contributed by atoms with van der Waals surface area (Å²) in [7, 11) is 0. The van der Waals surface area contributed by atoms with Gasteiger partial charge in [0.05, 0.1) is 17.4 Å². The molecule has 0 aliphatic heterocycles. The lowest BCUT2D eigenvalue weighted by Gasteiger charge is -2.40. The number of rotatable bonds is 4. The van der Waals surface area contributed by atoms with E-state index in [4.69, 9.17) is 17.2 Å². The number of nitrogen functional groups attached to an aromatic ring is 1. The minimum Gasteiger partial charge on any atom is -0.383 e. The fourth-order valence-electron chi connectivity index (χ4n) is 4.08. The molecule has 1 fully saturated rings. The maximum Gasteiger partial charge on any atom is 0.254 e. The molecule has 0 spiro atoms. The minimum absolute atomic E-state index is 0.00249. The highest BCUT2D eigenvalue weighted by Crippen LogP contribution is 2.41. The largest absolute Gasteiger partial charge is 0.383 e. The molecule has 0 unspecified atom stereocenters. The number of aliphatic hydroxyl groups is 1. The maximum atomic E-state index is 15.7. The van der Waals surface area contributed by atoms with Gasteiger partial charge in [-0.25, -0.2) is 14.1 Å². The molecule has 0 atom stereocenters. The van der Waals surface area contributed by atoms with Crippen molar-refractivity contribution in [2.45, 2.75) is 24.6 Å². The van der Waals surface area contributed by atoms with E-state index in [0.29, 0.717) is 16.8 Å². The lowest BCUT2D eigenvalue weighted by Crippen LogP contribution is -2.52. The lowest BCUT2D eigenvalue weighted by atomic mass is 9.83. The molecular formula is C22H20FN7O2. The van der Waals surface area contributed by atoms with Crippen LogP contribution < -0.4 is 17.2 Å². The van der Waals surface area contributed by atoms with Crippen molar-refractivity contribution in [2.75, 3.05) is 5.73 Å². The van der Waals surface area contributed by atoms with Crippen molar-refractivity contribution in [2.24, 2.45) is 11.5 Å². The summed E-state index contributed by atoms with van der Waals surface area (Å²) < 4.78 is 17.0. The molecule has 162 valence electrons. The summed E-state index contributed by atoms with van der Waals surface area (Å²) in [6.45, 7) is 0. The van der Waals surface area contributed by atoms with Gasteiger partial charge in [0.2, 0.25) is 0 Å². The van der Waals surface area contributed by atoms with Crippen molar-refractivity contribution in [1.82, 2.24) is 19.7 Å². The molecule has 9 nitrogen and oxygen atoms in total. The van der Waals surface area contributed by atoms with Gasteiger partial charge in [0.25, 0.3) is 5.91 Å². The fourth-order valence-corrected chi connectivity index (χ4v) is 4.08. The van der Waals surface area contributed by atoms with E-state index in [1.165, 1.54) is 10.7 Å². The van der Waals surface area contributed by atoms with Crippen LogP contribution in [0.15, 0.2) is 48.7 Å². The Kier molecular flexibility index (Phi) is 4.43. The Hall–Kier alpha value is -3.89. The number of carbonyl (C=O) groups is 1. The first-order valence-electron chi connectivity index (χ1n) is 9.95. The van der Waals surface area contributed by atoms with Crippen LogP contribution in [0.25, 0.3) is 33.5 Å². The number of nitrogens with zero attached hydrogens (tertiary/aromatic N) is 4. The zero-order valence-corrected chi connectivity index (χ0v) is 16.9. The number of anilines is 1. The van der Waals surface area contributed by atoms with E-state index in [0.717, 1.165) is 0 Å². The molecule has 7 N–H and O–H groups in total. The number of aromatic nitrogens is 4. The summed E-state index contributed by atoms with van der Waals surface area (Å²) >= 11 is 0. The molecule has 5 rings (SSSR count). The summed E-state index contributed by atoms with van der Waals surface area (Å²) in [5.74, 6) is -1.49. The van der Waals surface area contributed by atoms with Gasteiger partial charge in [0.1, 0.15) is 28.3 Å². The zero-order chi connectivity index (χ0) is 22.6. The summed E-state index contributed by atoms with van der Waals surface area (Å²) in [4.78, 5) is 20.9. The molecule has 3 aromatic heterocycles. The van der Waals surface area contributed by atoms with Gasteiger partial charge in [-0.05, 0) is 24.3 Å². The number of amides is 1. The van der Waals surface area contributed by atoms with Gasteiger partial charge < -0.3 is 22.3 Å². The lowest BCUT2D eigenvalue weighted by molar-refractivity contribution is -0.0643. The van der Waals surface area contributed by atoms with Crippen molar-refractivity contribution in [3.63, 3.8) is 0 Å². The Balaban J connectivity index is 1.66. The second kappa shape index (κ2) is 7.08. The SMILES string of the molecule is NC(=O)c1c(-c2ccc3ccc(-c4ccccn4)nc3c2F)nn(C2CC(N)(O)C2)c1N. The van der Waals surface area contributed by atoms with Crippen LogP contribution >= 0.6 is 0 Å². The Morgan fingerprint density at radius 1 is 1.16 bits per heavy atom. The van der Waals surface area contributed by atoms with E-state index in [1.807, 2.05) is 6.07 Å². The highest BCUT2D eigenvalue weighted by molar-refractivity contribution is 6.04. The highest BCUT2D eigenvalue weighted by Gasteiger charge is 2.42. The standard InChI is InChI=1S/C22H20FN7O2/c23-17-13(6-4-11-5-7-15(28-18(11)17)14-3-1-2-8-27-14)19-16(21(25)31)20(24)30(29-19)12-9-22(26,32)10-12/h1-8,12,32H,9-10,24,26H2,(H2,25,31). The molecule has 1 aromatic carbocycles.